The topological polar surface area (TPSA) is 76.1 Å². The lowest BCUT2D eigenvalue weighted by Crippen LogP contribution is -2.44. The van der Waals surface area contributed by atoms with Crippen LogP contribution in [-0.4, -0.2) is 49.2 Å². The molecule has 0 spiro atoms. The van der Waals surface area contributed by atoms with Crippen molar-refractivity contribution >= 4 is 11.9 Å². The number of likely N-dealkylation sites (tertiary alicyclic amines) is 1. The highest BCUT2D eigenvalue weighted by Gasteiger charge is 2.32. The zero-order valence-corrected chi connectivity index (χ0v) is 15.2. The van der Waals surface area contributed by atoms with Crippen molar-refractivity contribution in [3.8, 4) is 11.5 Å². The predicted molar refractivity (Wildman–Crippen MR) is 94.0 cm³/mol. The summed E-state index contributed by atoms with van der Waals surface area (Å²) in [6.07, 6.45) is 2.48. The Bertz CT molecular complexity index is 616. The molecule has 138 valence electrons. The second kappa shape index (κ2) is 8.74. The van der Waals surface area contributed by atoms with Gasteiger partial charge in [-0.15, -0.1) is 0 Å². The molecule has 25 heavy (non-hydrogen) atoms. The van der Waals surface area contributed by atoms with E-state index in [1.807, 2.05) is 25.1 Å². The van der Waals surface area contributed by atoms with Crippen LogP contribution in [0.5, 0.6) is 11.5 Å². The number of aliphatic carboxylic acids is 1. The lowest BCUT2D eigenvalue weighted by atomic mass is 9.87. The SMILES string of the molecule is COc1ccc(CCCC(=O)N2CCC(C(=O)O)C(C)C2)c(OC)c1. The Hall–Kier alpha value is -2.24. The van der Waals surface area contributed by atoms with Crippen molar-refractivity contribution in [3.63, 3.8) is 0 Å². The number of carbonyl (C=O) groups excluding carboxylic acids is 1. The van der Waals surface area contributed by atoms with E-state index in [1.54, 1.807) is 19.1 Å². The van der Waals surface area contributed by atoms with Crippen molar-refractivity contribution in [1.29, 1.82) is 0 Å². The Kier molecular flexibility index (Phi) is 6.67. The van der Waals surface area contributed by atoms with Crippen molar-refractivity contribution in [1.82, 2.24) is 4.90 Å². The molecule has 0 aliphatic carbocycles. The Balaban J connectivity index is 1.84. The molecule has 1 N–H and O–H groups in total. The summed E-state index contributed by atoms with van der Waals surface area (Å²) in [5, 5.41) is 9.16. The van der Waals surface area contributed by atoms with Crippen molar-refractivity contribution in [2.45, 2.75) is 32.6 Å². The Morgan fingerprint density at radius 2 is 2.04 bits per heavy atom. The van der Waals surface area contributed by atoms with Crippen molar-refractivity contribution in [2.24, 2.45) is 11.8 Å². The summed E-state index contributed by atoms with van der Waals surface area (Å²) in [5.74, 6) is 0.508. The van der Waals surface area contributed by atoms with E-state index in [-0.39, 0.29) is 17.7 Å². The van der Waals surface area contributed by atoms with Crippen LogP contribution in [0.1, 0.15) is 31.7 Å². The number of piperidine rings is 1. The van der Waals surface area contributed by atoms with E-state index in [4.69, 9.17) is 14.6 Å². The third-order valence-corrected chi connectivity index (χ3v) is 4.91. The molecule has 0 radical (unpaired) electrons. The van der Waals surface area contributed by atoms with Crippen molar-refractivity contribution in [2.75, 3.05) is 27.3 Å². The van der Waals surface area contributed by atoms with Gasteiger partial charge in [-0.2, -0.15) is 0 Å². The smallest absolute Gasteiger partial charge is 0.306 e. The van der Waals surface area contributed by atoms with Crippen LogP contribution in [0.4, 0.5) is 0 Å². The van der Waals surface area contributed by atoms with Gasteiger partial charge >= 0.3 is 5.97 Å². The van der Waals surface area contributed by atoms with Crippen LogP contribution in [0, 0.1) is 11.8 Å². The fourth-order valence-corrected chi connectivity index (χ4v) is 3.39. The molecule has 0 aromatic heterocycles. The number of hydrogen-bond donors (Lipinski definition) is 1. The average Bonchev–Trinajstić information content (AvgIpc) is 2.61. The standard InChI is InChI=1S/C19H27NO5/c1-13-12-20(10-9-16(13)19(22)23)18(21)6-4-5-14-7-8-15(24-2)11-17(14)25-3/h7-8,11,13,16H,4-6,9-10,12H2,1-3H3,(H,22,23). The zero-order chi connectivity index (χ0) is 18.4. The minimum absolute atomic E-state index is 0.00289. The minimum Gasteiger partial charge on any atom is -0.497 e. The van der Waals surface area contributed by atoms with Crippen LogP contribution in [0.25, 0.3) is 0 Å². The monoisotopic (exact) mass is 349 g/mol. The number of carboxylic acid groups (broad SMARTS) is 1. The second-order valence-corrected chi connectivity index (χ2v) is 6.58. The molecule has 1 aromatic rings. The summed E-state index contributed by atoms with van der Waals surface area (Å²) in [7, 11) is 3.24. The summed E-state index contributed by atoms with van der Waals surface area (Å²) < 4.78 is 10.6. The first-order chi connectivity index (χ1) is 12.0. The van der Waals surface area contributed by atoms with E-state index in [2.05, 4.69) is 0 Å². The molecule has 0 saturated carbocycles. The average molecular weight is 349 g/mol. The van der Waals surface area contributed by atoms with Gasteiger partial charge in [-0.25, -0.2) is 0 Å². The van der Waals surface area contributed by atoms with Gasteiger partial charge in [-0.3, -0.25) is 9.59 Å². The van der Waals surface area contributed by atoms with Crippen LogP contribution in [0.2, 0.25) is 0 Å². The molecule has 1 fully saturated rings. The lowest BCUT2D eigenvalue weighted by molar-refractivity contribution is -0.148. The van der Waals surface area contributed by atoms with Gasteiger partial charge in [0.15, 0.2) is 0 Å². The van der Waals surface area contributed by atoms with E-state index < -0.39 is 5.97 Å². The lowest BCUT2D eigenvalue weighted by Gasteiger charge is -2.35. The van der Waals surface area contributed by atoms with Crippen molar-refractivity contribution in [3.05, 3.63) is 23.8 Å². The summed E-state index contributed by atoms with van der Waals surface area (Å²) in [5.41, 5.74) is 1.05. The molecule has 1 amide bonds. The van der Waals surface area contributed by atoms with Gasteiger partial charge in [-0.1, -0.05) is 13.0 Å². The van der Waals surface area contributed by atoms with Gasteiger partial charge in [0, 0.05) is 25.6 Å². The van der Waals surface area contributed by atoms with Crippen LogP contribution < -0.4 is 9.47 Å². The van der Waals surface area contributed by atoms with Gasteiger partial charge in [-0.05, 0) is 36.8 Å². The second-order valence-electron chi connectivity index (χ2n) is 6.58. The number of benzene rings is 1. The number of nitrogens with zero attached hydrogens (tertiary/aromatic N) is 1. The largest absolute Gasteiger partial charge is 0.497 e. The molecule has 0 bridgehead atoms. The first kappa shape index (κ1) is 19.1. The Labute approximate surface area is 148 Å². The first-order valence-electron chi connectivity index (χ1n) is 8.67. The number of aryl methyl sites for hydroxylation is 1. The normalized spacial score (nSPS) is 20.2. The maximum atomic E-state index is 12.4. The number of carboxylic acids is 1. The number of amides is 1. The maximum Gasteiger partial charge on any atom is 0.306 e. The summed E-state index contributed by atoms with van der Waals surface area (Å²) >= 11 is 0. The van der Waals surface area contributed by atoms with E-state index in [0.717, 1.165) is 29.9 Å². The van der Waals surface area contributed by atoms with Gasteiger partial charge in [0.2, 0.25) is 5.91 Å². The zero-order valence-electron chi connectivity index (χ0n) is 15.2. The molecule has 1 saturated heterocycles. The molecule has 1 aliphatic heterocycles. The number of methoxy groups -OCH3 is 2. The molecule has 2 rings (SSSR count). The fraction of sp³-hybridized carbons (Fsp3) is 0.579. The molecule has 2 atom stereocenters. The van der Waals surface area contributed by atoms with Crippen LogP contribution in [0.15, 0.2) is 18.2 Å². The summed E-state index contributed by atoms with van der Waals surface area (Å²) in [4.78, 5) is 25.3. The van der Waals surface area contributed by atoms with Gasteiger partial charge in [0.25, 0.3) is 0 Å². The number of carbonyl (C=O) groups is 2. The Morgan fingerprint density at radius 3 is 2.64 bits per heavy atom. The third kappa shape index (κ3) is 4.87. The summed E-state index contributed by atoms with van der Waals surface area (Å²) in [6, 6.07) is 5.69. The highest BCUT2D eigenvalue weighted by molar-refractivity contribution is 5.77. The maximum absolute atomic E-state index is 12.4. The van der Waals surface area contributed by atoms with E-state index >= 15 is 0 Å². The predicted octanol–water partition coefficient (Wildman–Crippen LogP) is 2.60. The van der Waals surface area contributed by atoms with Gasteiger partial charge in [0.05, 0.1) is 20.1 Å². The molecular formula is C19H27NO5. The Morgan fingerprint density at radius 1 is 1.28 bits per heavy atom. The third-order valence-electron chi connectivity index (χ3n) is 4.91. The molecule has 1 aliphatic rings. The molecular weight excluding hydrogens is 322 g/mol. The highest BCUT2D eigenvalue weighted by atomic mass is 16.5. The van der Waals surface area contributed by atoms with Crippen LogP contribution >= 0.6 is 0 Å². The molecule has 1 aromatic carbocycles. The molecule has 1 heterocycles. The van der Waals surface area contributed by atoms with Gasteiger partial charge < -0.3 is 19.5 Å². The van der Waals surface area contributed by atoms with Crippen LogP contribution in [0.3, 0.4) is 0 Å². The van der Waals surface area contributed by atoms with Gasteiger partial charge in [0.1, 0.15) is 11.5 Å². The molecule has 6 heteroatoms. The van der Waals surface area contributed by atoms with E-state index in [1.165, 1.54) is 0 Å². The van der Waals surface area contributed by atoms with Crippen LogP contribution in [-0.2, 0) is 16.0 Å². The molecule has 6 nitrogen and oxygen atoms in total. The van der Waals surface area contributed by atoms with Crippen molar-refractivity contribution < 1.29 is 24.2 Å². The minimum atomic E-state index is -0.758. The molecule has 2 unspecified atom stereocenters. The quantitative estimate of drug-likeness (QED) is 0.819. The first-order valence-corrected chi connectivity index (χ1v) is 8.67. The highest BCUT2D eigenvalue weighted by Crippen LogP contribution is 2.27. The number of ether oxygens (including phenoxy) is 2. The van der Waals surface area contributed by atoms with E-state index in [9.17, 15) is 9.59 Å². The summed E-state index contributed by atoms with van der Waals surface area (Å²) in [6.45, 7) is 2.97. The number of hydrogen-bond acceptors (Lipinski definition) is 4. The fourth-order valence-electron chi connectivity index (χ4n) is 3.39. The number of rotatable bonds is 7. The van der Waals surface area contributed by atoms with E-state index in [0.29, 0.717) is 25.9 Å².